The maximum atomic E-state index is 5.31. The van der Waals surface area contributed by atoms with Crippen LogP contribution < -0.4 is 10.1 Å². The number of benzene rings is 3. The molecule has 0 heterocycles. The van der Waals surface area contributed by atoms with E-state index in [1.165, 1.54) is 22.3 Å². The van der Waals surface area contributed by atoms with Crippen molar-refractivity contribution in [3.8, 4) is 5.75 Å². The largest absolute Gasteiger partial charge is 0.497 e. The summed E-state index contributed by atoms with van der Waals surface area (Å²) in [6, 6.07) is 27.9. The molecule has 134 valence electrons. The van der Waals surface area contributed by atoms with Crippen molar-refractivity contribution in [2.45, 2.75) is 25.8 Å². The molecule has 0 bridgehead atoms. The Morgan fingerprint density at radius 3 is 2.04 bits per heavy atom. The Balaban J connectivity index is 1.69. The number of rotatable bonds is 8. The Hall–Kier alpha value is -2.58. The van der Waals surface area contributed by atoms with E-state index in [0.717, 1.165) is 25.3 Å². The normalized spacial score (nSPS) is 11.9. The predicted octanol–water partition coefficient (Wildman–Crippen LogP) is 5.32. The summed E-state index contributed by atoms with van der Waals surface area (Å²) in [6.07, 6.45) is 1.06. The van der Waals surface area contributed by atoms with Crippen LogP contribution in [0.2, 0.25) is 0 Å². The quantitative estimate of drug-likeness (QED) is 0.558. The summed E-state index contributed by atoms with van der Waals surface area (Å²) in [4.78, 5) is 0. The van der Waals surface area contributed by atoms with E-state index in [1.54, 1.807) is 7.11 Å². The van der Waals surface area contributed by atoms with Gasteiger partial charge in [0.15, 0.2) is 0 Å². The molecule has 2 heteroatoms. The number of ether oxygens (including phenoxy) is 1. The van der Waals surface area contributed by atoms with E-state index in [0.29, 0.717) is 5.92 Å². The van der Waals surface area contributed by atoms with E-state index in [2.05, 4.69) is 79.0 Å². The molecule has 0 aliphatic rings. The molecule has 0 aliphatic carbocycles. The molecule has 2 nitrogen and oxygen atoms in total. The molecule has 0 spiro atoms. The van der Waals surface area contributed by atoms with Crippen molar-refractivity contribution < 1.29 is 4.74 Å². The Morgan fingerprint density at radius 2 is 1.42 bits per heavy atom. The Morgan fingerprint density at radius 1 is 0.808 bits per heavy atom. The fraction of sp³-hybridized carbons (Fsp3) is 0.250. The van der Waals surface area contributed by atoms with Gasteiger partial charge >= 0.3 is 0 Å². The minimum atomic E-state index is 0.379. The summed E-state index contributed by atoms with van der Waals surface area (Å²) in [6.45, 7) is 4.01. The van der Waals surface area contributed by atoms with Crippen LogP contribution in [0.15, 0.2) is 78.9 Å². The first-order valence-corrected chi connectivity index (χ1v) is 9.21. The zero-order chi connectivity index (χ0) is 18.2. The van der Waals surface area contributed by atoms with Crippen LogP contribution >= 0.6 is 0 Å². The van der Waals surface area contributed by atoms with Gasteiger partial charge in [0.25, 0.3) is 0 Å². The van der Waals surface area contributed by atoms with Crippen molar-refractivity contribution in [3.63, 3.8) is 0 Å². The van der Waals surface area contributed by atoms with E-state index in [9.17, 15) is 0 Å². The molecule has 3 aromatic rings. The molecule has 0 fully saturated rings. The van der Waals surface area contributed by atoms with Crippen LogP contribution in [0.4, 0.5) is 0 Å². The predicted molar refractivity (Wildman–Crippen MR) is 109 cm³/mol. The summed E-state index contributed by atoms with van der Waals surface area (Å²) in [5.74, 6) is 1.28. The van der Waals surface area contributed by atoms with Gasteiger partial charge in [0, 0.05) is 12.5 Å². The van der Waals surface area contributed by atoms with Crippen LogP contribution in [-0.4, -0.2) is 13.7 Å². The fourth-order valence-corrected chi connectivity index (χ4v) is 3.24. The van der Waals surface area contributed by atoms with Crippen LogP contribution in [0.3, 0.4) is 0 Å². The van der Waals surface area contributed by atoms with Gasteiger partial charge in [-0.3, -0.25) is 0 Å². The molecule has 0 saturated heterocycles. The topological polar surface area (TPSA) is 21.3 Å². The third kappa shape index (κ3) is 4.96. The van der Waals surface area contributed by atoms with Gasteiger partial charge in [-0.15, -0.1) is 0 Å². The van der Waals surface area contributed by atoms with Crippen LogP contribution in [0.25, 0.3) is 0 Å². The number of nitrogens with one attached hydrogen (secondary N) is 1. The van der Waals surface area contributed by atoms with Crippen molar-refractivity contribution >= 4 is 0 Å². The molecule has 1 atom stereocenters. The zero-order valence-corrected chi connectivity index (χ0v) is 15.6. The molecule has 3 rings (SSSR count). The summed E-state index contributed by atoms with van der Waals surface area (Å²) in [5, 5.41) is 3.58. The Kier molecular flexibility index (Phi) is 6.45. The second-order valence-corrected chi connectivity index (χ2v) is 6.69. The van der Waals surface area contributed by atoms with Gasteiger partial charge in [0.1, 0.15) is 5.75 Å². The highest BCUT2D eigenvalue weighted by atomic mass is 16.5. The lowest BCUT2D eigenvalue weighted by Gasteiger charge is -2.19. The Bertz CT molecular complexity index is 779. The van der Waals surface area contributed by atoms with Crippen molar-refractivity contribution in [2.75, 3.05) is 13.7 Å². The average molecular weight is 345 g/mol. The molecule has 0 amide bonds. The smallest absolute Gasteiger partial charge is 0.118 e. The van der Waals surface area contributed by atoms with E-state index >= 15 is 0 Å². The SMILES string of the molecule is COc1ccc([C@@H](CCNCc2ccccc2)c2ccc(C)cc2)cc1. The second kappa shape index (κ2) is 9.21. The van der Waals surface area contributed by atoms with E-state index in [-0.39, 0.29) is 0 Å². The molecule has 3 aromatic carbocycles. The van der Waals surface area contributed by atoms with Crippen molar-refractivity contribution in [2.24, 2.45) is 0 Å². The first-order valence-electron chi connectivity index (χ1n) is 9.21. The highest BCUT2D eigenvalue weighted by molar-refractivity contribution is 5.37. The molecular formula is C24H27NO. The maximum absolute atomic E-state index is 5.31. The van der Waals surface area contributed by atoms with Gasteiger partial charge in [-0.05, 0) is 48.7 Å². The lowest BCUT2D eigenvalue weighted by molar-refractivity contribution is 0.414. The standard InChI is InChI=1S/C24H27NO/c1-19-8-10-21(11-9-19)24(22-12-14-23(26-2)15-13-22)16-17-25-18-20-6-4-3-5-7-20/h3-15,24-25H,16-18H2,1-2H3/t24-/m0/s1. The molecule has 0 radical (unpaired) electrons. The van der Waals surface area contributed by atoms with Crippen LogP contribution in [0, 0.1) is 6.92 Å². The van der Waals surface area contributed by atoms with Gasteiger partial charge < -0.3 is 10.1 Å². The maximum Gasteiger partial charge on any atom is 0.118 e. The number of hydrogen-bond acceptors (Lipinski definition) is 2. The number of aryl methyl sites for hydroxylation is 1. The first-order chi connectivity index (χ1) is 12.8. The van der Waals surface area contributed by atoms with Crippen LogP contribution in [0.1, 0.15) is 34.6 Å². The summed E-state index contributed by atoms with van der Waals surface area (Å²) in [5.41, 5.74) is 5.31. The van der Waals surface area contributed by atoms with Gasteiger partial charge in [0.05, 0.1) is 7.11 Å². The van der Waals surface area contributed by atoms with Crippen molar-refractivity contribution in [1.82, 2.24) is 5.32 Å². The highest BCUT2D eigenvalue weighted by Gasteiger charge is 2.14. The van der Waals surface area contributed by atoms with Gasteiger partial charge in [-0.1, -0.05) is 72.3 Å². The monoisotopic (exact) mass is 345 g/mol. The highest BCUT2D eigenvalue weighted by Crippen LogP contribution is 2.29. The third-order valence-electron chi connectivity index (χ3n) is 4.78. The average Bonchev–Trinajstić information content (AvgIpc) is 2.70. The fourth-order valence-electron chi connectivity index (χ4n) is 3.24. The van der Waals surface area contributed by atoms with Crippen molar-refractivity contribution in [1.29, 1.82) is 0 Å². The van der Waals surface area contributed by atoms with Gasteiger partial charge in [0.2, 0.25) is 0 Å². The molecule has 0 aliphatic heterocycles. The molecule has 1 N–H and O–H groups in total. The first kappa shape index (κ1) is 18.2. The lowest BCUT2D eigenvalue weighted by Crippen LogP contribution is -2.17. The molecule has 26 heavy (non-hydrogen) atoms. The second-order valence-electron chi connectivity index (χ2n) is 6.69. The minimum Gasteiger partial charge on any atom is -0.497 e. The van der Waals surface area contributed by atoms with E-state index < -0.39 is 0 Å². The molecule has 0 saturated carbocycles. The Labute approximate surface area is 156 Å². The third-order valence-corrected chi connectivity index (χ3v) is 4.78. The van der Waals surface area contributed by atoms with Crippen LogP contribution in [-0.2, 0) is 6.54 Å². The zero-order valence-electron chi connectivity index (χ0n) is 15.6. The van der Waals surface area contributed by atoms with E-state index in [1.807, 2.05) is 12.1 Å². The van der Waals surface area contributed by atoms with Gasteiger partial charge in [-0.2, -0.15) is 0 Å². The molecule has 0 unspecified atom stereocenters. The summed E-state index contributed by atoms with van der Waals surface area (Å²) in [7, 11) is 1.71. The van der Waals surface area contributed by atoms with Crippen LogP contribution in [0.5, 0.6) is 5.75 Å². The molecular weight excluding hydrogens is 318 g/mol. The number of methoxy groups -OCH3 is 1. The van der Waals surface area contributed by atoms with E-state index in [4.69, 9.17) is 4.74 Å². The molecule has 0 aromatic heterocycles. The van der Waals surface area contributed by atoms with Gasteiger partial charge in [-0.25, -0.2) is 0 Å². The number of hydrogen-bond donors (Lipinski definition) is 1. The summed E-state index contributed by atoms with van der Waals surface area (Å²) < 4.78 is 5.31. The minimum absolute atomic E-state index is 0.379. The van der Waals surface area contributed by atoms with Crippen molar-refractivity contribution in [3.05, 3.63) is 101 Å². The summed E-state index contributed by atoms with van der Waals surface area (Å²) >= 11 is 0. The lowest BCUT2D eigenvalue weighted by atomic mass is 9.88.